The lowest BCUT2D eigenvalue weighted by Crippen LogP contribution is -2.49. The molecule has 1 saturated carbocycles. The van der Waals surface area contributed by atoms with E-state index >= 15 is 0 Å². The van der Waals surface area contributed by atoms with Crippen molar-refractivity contribution in [1.82, 2.24) is 19.8 Å². The van der Waals surface area contributed by atoms with E-state index in [4.69, 9.17) is 0 Å². The number of imidazole rings is 1. The number of nitrogens with zero attached hydrogens (tertiary/aromatic N) is 3. The Balaban J connectivity index is 1.26. The van der Waals surface area contributed by atoms with Crippen LogP contribution in [0.2, 0.25) is 0 Å². The van der Waals surface area contributed by atoms with E-state index in [1.54, 1.807) is 24.7 Å². The number of carbonyl (C=O) groups excluding carboxylic acids is 1. The third-order valence-electron chi connectivity index (χ3n) is 7.82. The minimum absolute atomic E-state index is 0.0119. The van der Waals surface area contributed by atoms with Crippen molar-refractivity contribution in [3.63, 3.8) is 0 Å². The number of likely N-dealkylation sites (tertiary alicyclic amines) is 1. The Kier molecular flexibility index (Phi) is 7.48. The second-order valence-electron chi connectivity index (χ2n) is 10.2. The number of piperidine rings is 1. The first-order valence-corrected chi connectivity index (χ1v) is 13.1. The summed E-state index contributed by atoms with van der Waals surface area (Å²) in [6, 6.07) is 15.3. The van der Waals surface area contributed by atoms with E-state index in [0.29, 0.717) is 17.8 Å². The van der Waals surface area contributed by atoms with Gasteiger partial charge in [-0.25, -0.2) is 9.37 Å². The summed E-state index contributed by atoms with van der Waals surface area (Å²) < 4.78 is 15.4. The van der Waals surface area contributed by atoms with Gasteiger partial charge in [-0.2, -0.15) is 0 Å². The summed E-state index contributed by atoms with van der Waals surface area (Å²) in [6.45, 7) is 3.51. The fraction of sp³-hybridized carbons (Fsp3) is 0.448. The maximum absolute atomic E-state index is 13.5. The van der Waals surface area contributed by atoms with Crippen LogP contribution in [-0.4, -0.2) is 56.7 Å². The molecule has 2 N–H and O–H groups in total. The molecule has 0 bridgehead atoms. The highest BCUT2D eigenvalue weighted by molar-refractivity contribution is 5.92. The number of aliphatic hydroxyl groups excluding tert-OH is 1. The van der Waals surface area contributed by atoms with Crippen LogP contribution >= 0.6 is 0 Å². The van der Waals surface area contributed by atoms with Gasteiger partial charge in [-0.1, -0.05) is 36.4 Å². The van der Waals surface area contributed by atoms with Crippen LogP contribution < -0.4 is 5.32 Å². The number of halogens is 1. The van der Waals surface area contributed by atoms with Gasteiger partial charge in [-0.15, -0.1) is 0 Å². The highest BCUT2D eigenvalue weighted by atomic mass is 19.1. The molecular formula is C29H35FN4O2. The van der Waals surface area contributed by atoms with Crippen LogP contribution in [0.1, 0.15) is 67.5 Å². The van der Waals surface area contributed by atoms with Gasteiger partial charge < -0.3 is 19.9 Å². The highest BCUT2D eigenvalue weighted by Gasteiger charge is 2.29. The molecule has 2 aliphatic rings. The lowest BCUT2D eigenvalue weighted by atomic mass is 9.91. The number of carbonyl (C=O) groups is 1. The van der Waals surface area contributed by atoms with Gasteiger partial charge in [0, 0.05) is 25.2 Å². The first-order chi connectivity index (χ1) is 17.5. The average molecular weight is 491 g/mol. The van der Waals surface area contributed by atoms with Crippen molar-refractivity contribution in [3.8, 4) is 11.1 Å². The number of nitrogens with one attached hydrogen (secondary N) is 1. The molecule has 1 atom stereocenters. The van der Waals surface area contributed by atoms with Gasteiger partial charge in [0.15, 0.2) is 0 Å². The molecule has 2 aromatic carbocycles. The minimum atomic E-state index is -0.261. The second-order valence-corrected chi connectivity index (χ2v) is 10.2. The summed E-state index contributed by atoms with van der Waals surface area (Å²) >= 11 is 0. The van der Waals surface area contributed by atoms with Crippen molar-refractivity contribution < 1.29 is 14.3 Å². The second kappa shape index (κ2) is 10.9. The van der Waals surface area contributed by atoms with Crippen LogP contribution in [0.4, 0.5) is 4.39 Å². The lowest BCUT2D eigenvalue weighted by molar-refractivity contribution is 0.0677. The van der Waals surface area contributed by atoms with Gasteiger partial charge in [0.25, 0.3) is 5.91 Å². The van der Waals surface area contributed by atoms with Gasteiger partial charge >= 0.3 is 0 Å². The van der Waals surface area contributed by atoms with E-state index < -0.39 is 0 Å². The molecule has 2 fully saturated rings. The molecule has 190 valence electrons. The fourth-order valence-electron chi connectivity index (χ4n) is 5.67. The zero-order chi connectivity index (χ0) is 25.1. The predicted octanol–water partition coefficient (Wildman–Crippen LogP) is 4.80. The van der Waals surface area contributed by atoms with Crippen LogP contribution in [0.15, 0.2) is 61.1 Å². The Labute approximate surface area is 212 Å². The fourth-order valence-corrected chi connectivity index (χ4v) is 5.67. The summed E-state index contributed by atoms with van der Waals surface area (Å²) in [5.74, 6) is -0.249. The smallest absolute Gasteiger partial charge is 0.272 e. The molecular weight excluding hydrogens is 455 g/mol. The Hall–Kier alpha value is -3.03. The first-order valence-electron chi connectivity index (χ1n) is 13.1. The summed E-state index contributed by atoms with van der Waals surface area (Å²) in [7, 11) is 0. The van der Waals surface area contributed by atoms with E-state index in [1.807, 2.05) is 27.7 Å². The van der Waals surface area contributed by atoms with Crippen molar-refractivity contribution in [2.75, 3.05) is 13.1 Å². The maximum atomic E-state index is 13.5. The molecule has 5 rings (SSSR count). The molecule has 1 aliphatic carbocycles. The summed E-state index contributed by atoms with van der Waals surface area (Å²) in [5.41, 5.74) is 3.59. The molecule has 2 heterocycles. The largest absolute Gasteiger partial charge is 0.393 e. The molecule has 1 amide bonds. The minimum Gasteiger partial charge on any atom is -0.393 e. The zero-order valence-corrected chi connectivity index (χ0v) is 20.8. The van der Waals surface area contributed by atoms with E-state index in [9.17, 15) is 14.3 Å². The highest BCUT2D eigenvalue weighted by Crippen LogP contribution is 2.31. The summed E-state index contributed by atoms with van der Waals surface area (Å²) in [6.07, 6.45) is 8.92. The molecule has 7 heteroatoms. The first kappa shape index (κ1) is 24.7. The molecule has 1 aromatic heterocycles. The van der Waals surface area contributed by atoms with Gasteiger partial charge in [0.2, 0.25) is 0 Å². The Morgan fingerprint density at radius 2 is 1.67 bits per heavy atom. The zero-order valence-electron chi connectivity index (χ0n) is 20.8. The SMILES string of the molecule is C[C@@H](c1ccccc1-c1ccc(F)cc1)n1cncc1C(=O)N1CCC(NC2CCC(O)CC2)CC1. The monoisotopic (exact) mass is 490 g/mol. The molecule has 0 unspecified atom stereocenters. The van der Waals surface area contributed by atoms with Crippen molar-refractivity contribution in [2.24, 2.45) is 0 Å². The summed E-state index contributed by atoms with van der Waals surface area (Å²) in [5, 5.41) is 13.5. The number of benzene rings is 2. The number of aliphatic hydroxyl groups is 1. The van der Waals surface area contributed by atoms with Crippen LogP contribution in [0.25, 0.3) is 11.1 Å². The molecule has 0 radical (unpaired) electrons. The third-order valence-corrected chi connectivity index (χ3v) is 7.82. The van der Waals surface area contributed by atoms with Gasteiger partial charge in [-0.3, -0.25) is 4.79 Å². The van der Waals surface area contributed by atoms with Gasteiger partial charge in [0.05, 0.1) is 24.7 Å². The normalized spacial score (nSPS) is 21.9. The quantitative estimate of drug-likeness (QED) is 0.521. The van der Waals surface area contributed by atoms with Crippen molar-refractivity contribution >= 4 is 5.91 Å². The molecule has 6 nitrogen and oxygen atoms in total. The van der Waals surface area contributed by atoms with Gasteiger partial charge in [-0.05, 0) is 74.3 Å². The maximum Gasteiger partial charge on any atom is 0.272 e. The lowest BCUT2D eigenvalue weighted by Gasteiger charge is -2.36. The van der Waals surface area contributed by atoms with Crippen molar-refractivity contribution in [3.05, 3.63) is 78.1 Å². The number of hydrogen-bond acceptors (Lipinski definition) is 4. The van der Waals surface area contributed by atoms with E-state index in [-0.39, 0.29) is 23.9 Å². The molecule has 1 aliphatic heterocycles. The molecule has 36 heavy (non-hydrogen) atoms. The van der Waals surface area contributed by atoms with Crippen molar-refractivity contribution in [2.45, 2.75) is 69.7 Å². The number of hydrogen-bond donors (Lipinski definition) is 2. The Morgan fingerprint density at radius 1 is 1.00 bits per heavy atom. The Morgan fingerprint density at radius 3 is 2.39 bits per heavy atom. The molecule has 3 aromatic rings. The topological polar surface area (TPSA) is 70.4 Å². The predicted molar refractivity (Wildman–Crippen MR) is 138 cm³/mol. The van der Waals surface area contributed by atoms with Crippen molar-refractivity contribution in [1.29, 1.82) is 0 Å². The number of rotatable bonds is 6. The van der Waals surface area contributed by atoms with Gasteiger partial charge in [0.1, 0.15) is 11.5 Å². The standard InChI is InChI=1S/C29H35FN4O2/c1-20(26-4-2-3-5-27(26)21-6-8-22(30)9-7-21)34-19-31-18-28(34)29(36)33-16-14-24(15-17-33)32-23-10-12-25(35)13-11-23/h2-9,18-20,23-25,32,35H,10-17H2,1H3/t20-,23?,25?/m0/s1. The summed E-state index contributed by atoms with van der Waals surface area (Å²) in [4.78, 5) is 19.8. The number of aromatic nitrogens is 2. The Bertz CT molecular complexity index is 1160. The van der Waals surface area contributed by atoms with Crippen LogP contribution in [0.3, 0.4) is 0 Å². The van der Waals surface area contributed by atoms with Crippen LogP contribution in [0, 0.1) is 5.82 Å². The molecule has 0 spiro atoms. The average Bonchev–Trinajstić information content (AvgIpc) is 3.40. The number of amides is 1. The van der Waals surface area contributed by atoms with E-state index in [1.165, 1.54) is 12.1 Å². The van der Waals surface area contributed by atoms with Crippen LogP contribution in [0.5, 0.6) is 0 Å². The van der Waals surface area contributed by atoms with Crippen LogP contribution in [-0.2, 0) is 0 Å². The third kappa shape index (κ3) is 5.37. The molecule has 1 saturated heterocycles. The van der Waals surface area contributed by atoms with E-state index in [2.05, 4.69) is 23.3 Å². The van der Waals surface area contributed by atoms with E-state index in [0.717, 1.165) is 68.3 Å².